The number of hydrogen-bond donors (Lipinski definition) is 1. The van der Waals surface area contributed by atoms with Crippen LogP contribution in [0, 0.1) is 29.1 Å². The lowest BCUT2D eigenvalue weighted by atomic mass is 10.2. The first-order valence-electron chi connectivity index (χ1n) is 6.34. The van der Waals surface area contributed by atoms with E-state index in [2.05, 4.69) is 5.16 Å². The second-order valence-electron chi connectivity index (χ2n) is 4.42. The number of carbonyl (C=O) groups excluding carboxylic acids is 1. The predicted octanol–water partition coefficient (Wildman–Crippen LogP) is 3.82. The average molecular weight is 364 g/mol. The van der Waals surface area contributed by atoms with E-state index < -0.39 is 47.3 Å². The zero-order chi connectivity index (χ0) is 17.9. The summed E-state index contributed by atoms with van der Waals surface area (Å²) in [7, 11) is 0. The summed E-state index contributed by atoms with van der Waals surface area (Å²) in [6.07, 6.45) is 0. The van der Waals surface area contributed by atoms with Crippen LogP contribution in [0.2, 0.25) is 0 Å². The Kier molecular flexibility index (Phi) is 5.50. The number of oxime groups is 1. The topological polar surface area (TPSA) is 50.7 Å². The largest absolute Gasteiger partial charge is 0.385 e. The van der Waals surface area contributed by atoms with Crippen LogP contribution in [0.15, 0.2) is 22.7 Å². The molecule has 1 heterocycles. The van der Waals surface area contributed by atoms with Crippen LogP contribution in [0.3, 0.4) is 0 Å². The van der Waals surface area contributed by atoms with Gasteiger partial charge in [0, 0.05) is 0 Å². The molecule has 0 spiro atoms. The van der Waals surface area contributed by atoms with Crippen LogP contribution in [-0.4, -0.2) is 18.2 Å². The minimum Gasteiger partial charge on any atom is -0.385 e. The Morgan fingerprint density at radius 1 is 1.12 bits per heavy atom. The van der Waals surface area contributed by atoms with Gasteiger partial charge in [-0.25, -0.2) is 22.0 Å². The van der Waals surface area contributed by atoms with Crippen molar-refractivity contribution in [3.63, 3.8) is 0 Å². The Balaban J connectivity index is 2.05. The van der Waals surface area contributed by atoms with Crippen LogP contribution >= 0.6 is 11.3 Å². The van der Waals surface area contributed by atoms with Crippen molar-refractivity contribution in [1.29, 1.82) is 0 Å². The Labute approximate surface area is 136 Å². The van der Waals surface area contributed by atoms with E-state index in [0.29, 0.717) is 5.71 Å². The summed E-state index contributed by atoms with van der Waals surface area (Å²) in [6, 6.07) is 3.52. The van der Waals surface area contributed by atoms with Gasteiger partial charge < -0.3 is 10.2 Å². The lowest BCUT2D eigenvalue weighted by Gasteiger charge is -2.09. The number of carbonyl (C=O) groups is 1. The number of halogens is 5. The predicted molar refractivity (Wildman–Crippen MR) is 77.3 cm³/mol. The number of thiophene rings is 1. The maximum absolute atomic E-state index is 13.4. The molecule has 0 atom stereocenters. The first kappa shape index (κ1) is 17.9. The number of benzene rings is 1. The molecule has 2 rings (SSSR count). The monoisotopic (exact) mass is 364 g/mol. The number of hydrogen-bond acceptors (Lipinski definition) is 4. The molecule has 10 heteroatoms. The molecule has 128 valence electrons. The highest BCUT2D eigenvalue weighted by molar-refractivity contribution is 7.12. The Morgan fingerprint density at radius 2 is 1.71 bits per heavy atom. The van der Waals surface area contributed by atoms with Gasteiger partial charge in [-0.1, -0.05) is 11.2 Å². The van der Waals surface area contributed by atoms with E-state index in [1.54, 1.807) is 29.8 Å². The standard InChI is InChI=1S/C14H9F5N2O2S/c1-6(7-3-2-4-24-7)21-23-5-8(22)20-14-12(18)10(16)9(15)11(17)13(14)19/h2-4H,5H2,1H3,(H,20,22)/b21-6-. The van der Waals surface area contributed by atoms with Crippen molar-refractivity contribution in [2.24, 2.45) is 5.16 Å². The second kappa shape index (κ2) is 7.39. The number of nitrogens with zero attached hydrogens (tertiary/aromatic N) is 1. The first-order chi connectivity index (χ1) is 11.3. The summed E-state index contributed by atoms with van der Waals surface area (Å²) >= 11 is 1.37. The zero-order valence-electron chi connectivity index (χ0n) is 12.0. The summed E-state index contributed by atoms with van der Waals surface area (Å²) < 4.78 is 65.7. The fourth-order valence-corrected chi connectivity index (χ4v) is 2.28. The molecule has 0 aliphatic carbocycles. The summed E-state index contributed by atoms with van der Waals surface area (Å²) in [5.74, 6) is -12.0. The lowest BCUT2D eigenvalue weighted by Crippen LogP contribution is -2.20. The molecular weight excluding hydrogens is 355 g/mol. The lowest BCUT2D eigenvalue weighted by molar-refractivity contribution is -0.120. The second-order valence-corrected chi connectivity index (χ2v) is 5.37. The van der Waals surface area contributed by atoms with Crippen LogP contribution in [0.4, 0.5) is 27.6 Å². The van der Waals surface area contributed by atoms with Gasteiger partial charge in [0.05, 0.1) is 10.6 Å². The molecule has 24 heavy (non-hydrogen) atoms. The highest BCUT2D eigenvalue weighted by Gasteiger charge is 2.26. The van der Waals surface area contributed by atoms with Gasteiger partial charge in [-0.15, -0.1) is 11.3 Å². The van der Waals surface area contributed by atoms with Crippen molar-refractivity contribution in [3.05, 3.63) is 51.5 Å². The third kappa shape index (κ3) is 3.70. The van der Waals surface area contributed by atoms with E-state index in [1.165, 1.54) is 11.3 Å². The highest BCUT2D eigenvalue weighted by atomic mass is 32.1. The third-order valence-electron chi connectivity index (χ3n) is 2.75. The smallest absolute Gasteiger partial charge is 0.265 e. The highest BCUT2D eigenvalue weighted by Crippen LogP contribution is 2.27. The van der Waals surface area contributed by atoms with Gasteiger partial charge in [0.25, 0.3) is 5.91 Å². The number of rotatable bonds is 5. The quantitative estimate of drug-likeness (QED) is 0.288. The van der Waals surface area contributed by atoms with E-state index >= 15 is 0 Å². The molecule has 0 unspecified atom stereocenters. The van der Waals surface area contributed by atoms with Crippen molar-refractivity contribution < 1.29 is 31.6 Å². The van der Waals surface area contributed by atoms with Crippen LogP contribution < -0.4 is 5.32 Å². The molecule has 2 aromatic rings. The van der Waals surface area contributed by atoms with Crippen molar-refractivity contribution in [1.82, 2.24) is 0 Å². The molecule has 0 bridgehead atoms. The van der Waals surface area contributed by atoms with E-state index in [0.717, 1.165) is 4.88 Å². The minimum atomic E-state index is -2.31. The Hall–Kier alpha value is -2.49. The molecule has 0 radical (unpaired) electrons. The normalized spacial score (nSPS) is 11.5. The number of anilines is 1. The van der Waals surface area contributed by atoms with E-state index in [1.807, 2.05) is 0 Å². The molecule has 0 fully saturated rings. The molecule has 0 aliphatic heterocycles. The molecule has 0 saturated heterocycles. The van der Waals surface area contributed by atoms with Crippen molar-refractivity contribution in [2.75, 3.05) is 11.9 Å². The summed E-state index contributed by atoms with van der Waals surface area (Å²) in [5.41, 5.74) is -0.993. The van der Waals surface area contributed by atoms with Gasteiger partial charge in [-0.05, 0) is 18.4 Å². The molecule has 1 amide bonds. The molecule has 1 N–H and O–H groups in total. The van der Waals surface area contributed by atoms with Gasteiger partial charge in [-0.2, -0.15) is 0 Å². The average Bonchev–Trinajstić information content (AvgIpc) is 3.09. The maximum Gasteiger partial charge on any atom is 0.265 e. The number of nitrogens with one attached hydrogen (secondary N) is 1. The Morgan fingerprint density at radius 3 is 2.25 bits per heavy atom. The summed E-state index contributed by atoms with van der Waals surface area (Å²) in [6.45, 7) is 0.829. The van der Waals surface area contributed by atoms with E-state index in [9.17, 15) is 26.7 Å². The zero-order valence-corrected chi connectivity index (χ0v) is 12.8. The molecule has 1 aromatic heterocycles. The Bertz CT molecular complexity index is 764. The van der Waals surface area contributed by atoms with E-state index in [4.69, 9.17) is 4.84 Å². The fraction of sp³-hybridized carbons (Fsp3) is 0.143. The van der Waals surface area contributed by atoms with Gasteiger partial charge >= 0.3 is 0 Å². The maximum atomic E-state index is 13.4. The van der Waals surface area contributed by atoms with Crippen LogP contribution in [0.5, 0.6) is 0 Å². The van der Waals surface area contributed by atoms with Crippen molar-refractivity contribution in [2.45, 2.75) is 6.92 Å². The van der Waals surface area contributed by atoms with Gasteiger partial charge in [-0.3, -0.25) is 4.79 Å². The van der Waals surface area contributed by atoms with Crippen molar-refractivity contribution in [3.8, 4) is 0 Å². The molecular formula is C14H9F5N2O2S. The molecule has 4 nitrogen and oxygen atoms in total. The fourth-order valence-electron chi connectivity index (χ4n) is 1.61. The summed E-state index contributed by atoms with van der Waals surface area (Å²) in [5, 5.41) is 6.98. The SMILES string of the molecule is C/C(=N/OCC(=O)Nc1c(F)c(F)c(F)c(F)c1F)c1cccs1. The van der Waals surface area contributed by atoms with Crippen LogP contribution in [-0.2, 0) is 9.63 Å². The molecule has 0 saturated carbocycles. The van der Waals surface area contributed by atoms with Gasteiger partial charge in [0.2, 0.25) is 5.82 Å². The van der Waals surface area contributed by atoms with Crippen LogP contribution in [0.25, 0.3) is 0 Å². The molecule has 0 aliphatic rings. The van der Waals surface area contributed by atoms with Crippen LogP contribution in [0.1, 0.15) is 11.8 Å². The van der Waals surface area contributed by atoms with E-state index in [-0.39, 0.29) is 0 Å². The van der Waals surface area contributed by atoms with Crippen molar-refractivity contribution >= 4 is 28.6 Å². The first-order valence-corrected chi connectivity index (χ1v) is 7.22. The summed E-state index contributed by atoms with van der Waals surface area (Å²) in [4.78, 5) is 17.0. The third-order valence-corrected chi connectivity index (χ3v) is 3.73. The van der Waals surface area contributed by atoms with Gasteiger partial charge in [0.15, 0.2) is 29.9 Å². The van der Waals surface area contributed by atoms with Gasteiger partial charge in [0.1, 0.15) is 5.69 Å². The minimum absolute atomic E-state index is 0.453. The molecule has 1 aromatic carbocycles. The number of amides is 1.